The second-order valence-corrected chi connectivity index (χ2v) is 8.15. The Morgan fingerprint density at radius 1 is 1.07 bits per heavy atom. The van der Waals surface area contributed by atoms with Crippen molar-refractivity contribution in [2.45, 2.75) is 12.1 Å². The first-order valence-electron chi connectivity index (χ1n) is 9.67. The molecule has 30 heavy (non-hydrogen) atoms. The highest BCUT2D eigenvalue weighted by Crippen LogP contribution is 2.51. The van der Waals surface area contributed by atoms with Gasteiger partial charge in [0.25, 0.3) is 0 Å². The van der Waals surface area contributed by atoms with Crippen LogP contribution in [0.1, 0.15) is 28.1 Å². The van der Waals surface area contributed by atoms with E-state index in [-0.39, 0.29) is 12.1 Å². The minimum atomic E-state index is -0.216. The normalized spacial score (nSPS) is 19.2. The van der Waals surface area contributed by atoms with E-state index in [4.69, 9.17) is 9.47 Å². The molecule has 148 valence electrons. The Morgan fingerprint density at radius 2 is 1.93 bits per heavy atom. The molecule has 0 radical (unpaired) electrons. The zero-order valence-corrected chi connectivity index (χ0v) is 17.0. The Balaban J connectivity index is 1.61. The van der Waals surface area contributed by atoms with Gasteiger partial charge in [-0.3, -0.25) is 0 Å². The Kier molecular flexibility index (Phi) is 3.89. The monoisotopic (exact) mass is 414 g/mol. The van der Waals surface area contributed by atoms with Crippen molar-refractivity contribution < 1.29 is 9.47 Å². The van der Waals surface area contributed by atoms with Crippen LogP contribution in [0.25, 0.3) is 5.70 Å². The van der Waals surface area contributed by atoms with Gasteiger partial charge in [0.05, 0.1) is 12.8 Å². The molecule has 0 bridgehead atoms. The lowest BCUT2D eigenvalue weighted by molar-refractivity contribution is 0.226. The van der Waals surface area contributed by atoms with Crippen molar-refractivity contribution in [3.63, 3.8) is 0 Å². The van der Waals surface area contributed by atoms with Gasteiger partial charge in [-0.15, -0.1) is 11.3 Å². The van der Waals surface area contributed by atoms with Crippen molar-refractivity contribution in [2.75, 3.05) is 12.4 Å². The summed E-state index contributed by atoms with van der Waals surface area (Å²) in [6.45, 7) is 0. The fourth-order valence-electron chi connectivity index (χ4n) is 4.20. The number of thiophene rings is 1. The number of rotatable bonds is 3. The van der Waals surface area contributed by atoms with Gasteiger partial charge in [0.2, 0.25) is 5.95 Å². The Hall–Kier alpha value is -3.58. The molecule has 0 unspecified atom stereocenters. The summed E-state index contributed by atoms with van der Waals surface area (Å²) in [4.78, 5) is 5.62. The van der Waals surface area contributed by atoms with Gasteiger partial charge < -0.3 is 14.8 Å². The van der Waals surface area contributed by atoms with Gasteiger partial charge in [-0.1, -0.05) is 30.3 Å². The van der Waals surface area contributed by atoms with Gasteiger partial charge in [-0.25, -0.2) is 4.68 Å². The van der Waals surface area contributed by atoms with E-state index < -0.39 is 0 Å². The maximum Gasteiger partial charge on any atom is 0.226 e. The van der Waals surface area contributed by atoms with Gasteiger partial charge in [-0.05, 0) is 41.3 Å². The van der Waals surface area contributed by atoms with Crippen LogP contribution in [0.2, 0.25) is 0 Å². The Bertz CT molecular complexity index is 1240. The number of hydrogen-bond acceptors (Lipinski definition) is 6. The van der Waals surface area contributed by atoms with Crippen molar-refractivity contribution in [3.8, 4) is 11.5 Å². The average Bonchev–Trinajstić information content (AvgIpc) is 3.49. The summed E-state index contributed by atoms with van der Waals surface area (Å²) in [5.41, 5.74) is 4.30. The zero-order chi connectivity index (χ0) is 20.1. The first-order chi connectivity index (χ1) is 14.8. The van der Waals surface area contributed by atoms with Crippen LogP contribution in [0, 0.1) is 0 Å². The lowest BCUT2D eigenvalue weighted by Crippen LogP contribution is -2.32. The number of benzene rings is 2. The fraction of sp³-hybridized carbons (Fsp3) is 0.130. The van der Waals surface area contributed by atoms with Crippen molar-refractivity contribution in [3.05, 3.63) is 93.9 Å². The number of nitrogens with one attached hydrogen (secondary N) is 1. The van der Waals surface area contributed by atoms with Crippen molar-refractivity contribution in [2.24, 2.45) is 0 Å². The van der Waals surface area contributed by atoms with E-state index in [0.29, 0.717) is 0 Å². The molecule has 2 atom stereocenters. The lowest BCUT2D eigenvalue weighted by Gasteiger charge is -2.38. The second kappa shape index (κ2) is 6.74. The molecular formula is C23H18N4O2S. The molecule has 2 aromatic heterocycles. The number of ether oxygens (including phenoxy) is 2. The molecule has 2 aromatic carbocycles. The van der Waals surface area contributed by atoms with Crippen LogP contribution in [-0.4, -0.2) is 21.9 Å². The standard InChI is InChI=1S/C23H18N4O2S/c1-28-15-10-8-14(9-11-15)21-19-20(26-23-24-13-25-27(21)23)16-5-2-3-6-17(16)29-22(19)18-7-4-12-30-18/h2-13,21-22H,1H3,(H,24,25,26)/t21-,22+/m0/s1. The van der Waals surface area contributed by atoms with Crippen LogP contribution in [0.15, 0.2) is 77.9 Å². The van der Waals surface area contributed by atoms with Gasteiger partial charge in [0, 0.05) is 16.0 Å². The van der Waals surface area contributed by atoms with Gasteiger partial charge >= 0.3 is 0 Å². The average molecular weight is 414 g/mol. The first kappa shape index (κ1) is 17.3. The topological polar surface area (TPSA) is 61.2 Å². The van der Waals surface area contributed by atoms with Crippen molar-refractivity contribution >= 4 is 23.0 Å². The number of methoxy groups -OCH3 is 1. The van der Waals surface area contributed by atoms with Crippen molar-refractivity contribution in [1.29, 1.82) is 0 Å². The largest absolute Gasteiger partial charge is 0.497 e. The molecule has 0 saturated heterocycles. The highest BCUT2D eigenvalue weighted by molar-refractivity contribution is 7.10. The molecule has 0 fully saturated rings. The molecule has 1 N–H and O–H groups in total. The van der Waals surface area contributed by atoms with Gasteiger partial charge in [-0.2, -0.15) is 10.1 Å². The summed E-state index contributed by atoms with van der Waals surface area (Å²) in [7, 11) is 1.68. The summed E-state index contributed by atoms with van der Waals surface area (Å²) in [5.74, 6) is 2.40. The number of para-hydroxylation sites is 1. The number of aromatic nitrogens is 3. The molecule has 4 aromatic rings. The van der Waals surface area contributed by atoms with Crippen LogP contribution in [0.5, 0.6) is 11.5 Å². The Labute approximate surface area is 177 Å². The lowest BCUT2D eigenvalue weighted by atomic mass is 9.86. The molecule has 4 heterocycles. The molecular weight excluding hydrogens is 396 g/mol. The zero-order valence-electron chi connectivity index (χ0n) is 16.1. The fourth-order valence-corrected chi connectivity index (χ4v) is 4.97. The third kappa shape index (κ3) is 2.55. The van der Waals surface area contributed by atoms with Gasteiger partial charge in [0.1, 0.15) is 23.9 Å². The highest BCUT2D eigenvalue weighted by Gasteiger charge is 2.41. The third-order valence-corrected chi connectivity index (χ3v) is 6.47. The SMILES string of the molecule is COc1ccc([C@H]2C3=C(Nc4ncnn42)c2ccccc2O[C@@H]3c2cccs2)cc1. The predicted molar refractivity (Wildman–Crippen MR) is 116 cm³/mol. The predicted octanol–water partition coefficient (Wildman–Crippen LogP) is 4.91. The van der Waals surface area contributed by atoms with Crippen LogP contribution in [0.3, 0.4) is 0 Å². The van der Waals surface area contributed by atoms with Gasteiger partial charge in [0.15, 0.2) is 6.10 Å². The first-order valence-corrected chi connectivity index (χ1v) is 10.6. The Morgan fingerprint density at radius 3 is 2.73 bits per heavy atom. The minimum absolute atomic E-state index is 0.148. The van der Waals surface area contributed by atoms with E-state index >= 15 is 0 Å². The summed E-state index contributed by atoms with van der Waals surface area (Å²) in [6, 6.07) is 20.3. The second-order valence-electron chi connectivity index (χ2n) is 7.17. The minimum Gasteiger partial charge on any atom is -0.497 e. The van der Waals surface area contributed by atoms with E-state index in [1.54, 1.807) is 24.8 Å². The van der Waals surface area contributed by atoms with Crippen LogP contribution in [-0.2, 0) is 0 Å². The molecule has 7 heteroatoms. The number of hydrogen-bond donors (Lipinski definition) is 1. The van der Waals surface area contributed by atoms with E-state index in [2.05, 4.69) is 51.1 Å². The molecule has 2 aliphatic rings. The summed E-state index contributed by atoms with van der Waals surface area (Å²) in [5, 5.41) is 10.1. The molecule has 6 nitrogen and oxygen atoms in total. The summed E-state index contributed by atoms with van der Waals surface area (Å²) < 4.78 is 13.9. The van der Waals surface area contributed by atoms with E-state index in [9.17, 15) is 0 Å². The van der Waals surface area contributed by atoms with E-state index in [0.717, 1.165) is 44.7 Å². The van der Waals surface area contributed by atoms with Crippen LogP contribution >= 0.6 is 11.3 Å². The van der Waals surface area contributed by atoms with Crippen LogP contribution in [0.4, 0.5) is 5.95 Å². The molecule has 0 spiro atoms. The molecule has 2 aliphatic heterocycles. The number of nitrogens with zero attached hydrogens (tertiary/aromatic N) is 3. The number of anilines is 1. The highest BCUT2D eigenvalue weighted by atomic mass is 32.1. The molecule has 0 aliphatic carbocycles. The maximum atomic E-state index is 6.56. The quantitative estimate of drug-likeness (QED) is 0.516. The molecule has 0 saturated carbocycles. The van der Waals surface area contributed by atoms with E-state index in [1.807, 2.05) is 35.0 Å². The summed E-state index contributed by atoms with van der Waals surface area (Å²) in [6.07, 6.45) is 1.37. The third-order valence-electron chi connectivity index (χ3n) is 5.55. The van der Waals surface area contributed by atoms with Crippen molar-refractivity contribution in [1.82, 2.24) is 14.8 Å². The summed E-state index contributed by atoms with van der Waals surface area (Å²) >= 11 is 1.69. The number of fused-ring (bicyclic) bond motifs is 3. The molecule has 0 amide bonds. The van der Waals surface area contributed by atoms with Crippen LogP contribution < -0.4 is 14.8 Å². The smallest absolute Gasteiger partial charge is 0.226 e. The maximum absolute atomic E-state index is 6.56. The van der Waals surface area contributed by atoms with E-state index in [1.165, 1.54) is 0 Å². The molecule has 6 rings (SSSR count).